The van der Waals surface area contributed by atoms with Crippen molar-refractivity contribution >= 4 is 21.9 Å². The Morgan fingerprint density at radius 3 is 2.11 bits per heavy atom. The van der Waals surface area contributed by atoms with Crippen LogP contribution in [0.25, 0.3) is 55.7 Å². The van der Waals surface area contributed by atoms with E-state index in [9.17, 15) is 5.26 Å². The van der Waals surface area contributed by atoms with Gasteiger partial charge in [0.15, 0.2) is 12.0 Å². The second kappa shape index (κ2) is 10.6. The Kier molecular flexibility index (Phi) is 5.55. The van der Waals surface area contributed by atoms with Crippen LogP contribution in [0.15, 0.2) is 65.2 Å². The zero-order valence-electron chi connectivity index (χ0n) is 32.9. The first-order chi connectivity index (χ1) is 23.6. The first-order valence-electron chi connectivity index (χ1n) is 17.9. The van der Waals surface area contributed by atoms with Gasteiger partial charge in [-0.15, -0.1) is 0 Å². The van der Waals surface area contributed by atoms with Crippen LogP contribution in [-0.2, 0) is 17.9 Å². The molecule has 0 unspecified atom stereocenters. The molecule has 6 rings (SSSR count). The molecule has 0 aliphatic carbocycles. The minimum atomic E-state index is -2.62. The molecule has 3 aromatic carbocycles. The van der Waals surface area contributed by atoms with Gasteiger partial charge in [-0.1, -0.05) is 65.8 Å². The minimum Gasteiger partial charge on any atom is -0.455 e. The number of hydrogen-bond donors (Lipinski definition) is 0. The molecule has 0 N–H and O–H groups in total. The van der Waals surface area contributed by atoms with Crippen LogP contribution in [0.4, 0.5) is 0 Å². The van der Waals surface area contributed by atoms with Crippen LogP contribution in [0.5, 0.6) is 0 Å². The van der Waals surface area contributed by atoms with Crippen LogP contribution < -0.4 is 4.57 Å². The van der Waals surface area contributed by atoms with Gasteiger partial charge >= 0.3 is 0 Å². The van der Waals surface area contributed by atoms with E-state index in [1.165, 1.54) is 0 Å². The summed E-state index contributed by atoms with van der Waals surface area (Å²) < 4.78 is 59.5. The molecule has 0 bridgehead atoms. The van der Waals surface area contributed by atoms with Gasteiger partial charge in [0.05, 0.1) is 17.2 Å². The highest BCUT2D eigenvalue weighted by Gasteiger charge is 2.26. The summed E-state index contributed by atoms with van der Waals surface area (Å²) in [6.07, 6.45) is 1.54. The van der Waals surface area contributed by atoms with E-state index in [-0.39, 0.29) is 22.3 Å². The fourth-order valence-electron chi connectivity index (χ4n) is 5.54. The van der Waals surface area contributed by atoms with Gasteiger partial charge in [0.2, 0.25) is 5.69 Å². The van der Waals surface area contributed by atoms with Crippen LogP contribution in [0.2, 0.25) is 0 Å². The van der Waals surface area contributed by atoms with E-state index in [1.807, 2.05) is 66.7 Å². The third kappa shape index (κ3) is 5.37. The number of benzene rings is 3. The molecule has 6 heteroatoms. The highest BCUT2D eigenvalue weighted by molar-refractivity contribution is 6.10. The molecule has 6 aromatic rings. The molecule has 0 spiro atoms. The van der Waals surface area contributed by atoms with E-state index in [1.54, 1.807) is 54.2 Å². The Balaban J connectivity index is 1.64. The largest absolute Gasteiger partial charge is 0.455 e. The topological polar surface area (TPSA) is 79.5 Å². The Morgan fingerprint density at radius 2 is 1.47 bits per heavy atom. The van der Waals surface area contributed by atoms with Gasteiger partial charge in [0.1, 0.15) is 29.9 Å². The summed E-state index contributed by atoms with van der Waals surface area (Å²) in [6, 6.07) is 18.1. The predicted molar refractivity (Wildman–Crippen MR) is 181 cm³/mol. The monoisotopic (exact) mass is 600 g/mol. The van der Waals surface area contributed by atoms with Crippen molar-refractivity contribution < 1.29 is 17.2 Å². The minimum absolute atomic E-state index is 0.00490. The molecule has 6 nitrogen and oxygen atoms in total. The fourth-order valence-corrected chi connectivity index (χ4v) is 5.54. The Bertz CT molecular complexity index is 2370. The molecule has 3 heterocycles. The van der Waals surface area contributed by atoms with Gasteiger partial charge in [-0.2, -0.15) is 5.26 Å². The standard InChI is InChI=1S/C39H40N5O/c1-22-11-14-29-28-15-12-25(20-40)18-32(28)45-34(29)33(22)31-19-30(24(3)21-44(31)10)27-16-13-26(17-23(27)2)35-41-36(38(4,5)6)43-37(42-35)39(7,8)9/h11-19,21H,1-10H3/q+1/i2D3,3D3. The van der Waals surface area contributed by atoms with Crippen molar-refractivity contribution in [3.8, 4) is 39.8 Å². The fraction of sp³-hybridized carbons (Fsp3) is 0.308. The molecule has 0 atom stereocenters. The molecule has 226 valence electrons. The van der Waals surface area contributed by atoms with Crippen molar-refractivity contribution in [3.63, 3.8) is 0 Å². The van der Waals surface area contributed by atoms with Gasteiger partial charge < -0.3 is 4.42 Å². The normalized spacial score (nSPS) is 14.7. The number of aryl methyl sites for hydroxylation is 4. The number of furan rings is 1. The van der Waals surface area contributed by atoms with Gasteiger partial charge in [0.25, 0.3) is 0 Å². The molecule has 0 saturated carbocycles. The summed E-state index contributed by atoms with van der Waals surface area (Å²) in [5.74, 6) is 1.52. The van der Waals surface area contributed by atoms with Gasteiger partial charge in [-0.3, -0.25) is 0 Å². The number of fused-ring (bicyclic) bond motifs is 3. The maximum Gasteiger partial charge on any atom is 0.216 e. The van der Waals surface area contributed by atoms with Gasteiger partial charge in [-0.05, 0) is 67.1 Å². The third-order valence-electron chi connectivity index (χ3n) is 8.05. The van der Waals surface area contributed by atoms with E-state index in [0.29, 0.717) is 45.5 Å². The van der Waals surface area contributed by atoms with Crippen LogP contribution in [0, 0.1) is 32.0 Å². The van der Waals surface area contributed by atoms with Crippen molar-refractivity contribution in [2.75, 3.05) is 0 Å². The average molecular weight is 601 g/mol. The van der Waals surface area contributed by atoms with Crippen molar-refractivity contribution in [2.45, 2.75) is 73.0 Å². The molecule has 0 amide bonds. The Labute approximate surface area is 273 Å². The van der Waals surface area contributed by atoms with E-state index < -0.39 is 24.5 Å². The molecular weight excluding hydrogens is 554 g/mol. The predicted octanol–water partition coefficient (Wildman–Crippen LogP) is 8.99. The smallest absolute Gasteiger partial charge is 0.216 e. The van der Waals surface area contributed by atoms with E-state index >= 15 is 0 Å². The number of hydrogen-bond acceptors (Lipinski definition) is 5. The molecular formula is C39H40N5O+. The number of aromatic nitrogens is 4. The SMILES string of the molecule is [2H]C([2H])([2H])c1cc(-c2nc(C(C)(C)C)nc(C(C)(C)C)n2)ccc1-c1cc(-c2c(C)ccc3c2oc2cc(C#N)ccc23)[n+](C)cc1C([2H])([2H])[2H]. The van der Waals surface area contributed by atoms with E-state index in [2.05, 4.69) is 6.07 Å². The van der Waals surface area contributed by atoms with Crippen LogP contribution in [-0.4, -0.2) is 15.0 Å². The van der Waals surface area contributed by atoms with Crippen LogP contribution in [0.3, 0.4) is 0 Å². The van der Waals surface area contributed by atoms with Crippen molar-refractivity contribution in [3.05, 3.63) is 94.7 Å². The summed E-state index contributed by atoms with van der Waals surface area (Å²) in [5, 5.41) is 11.2. The van der Waals surface area contributed by atoms with Crippen molar-refractivity contribution in [1.82, 2.24) is 15.0 Å². The van der Waals surface area contributed by atoms with Crippen LogP contribution in [0.1, 0.15) is 83.7 Å². The average Bonchev–Trinajstić information content (AvgIpc) is 3.40. The maximum absolute atomic E-state index is 9.47. The van der Waals surface area contributed by atoms with Gasteiger partial charge in [0, 0.05) is 47.0 Å². The number of rotatable bonds is 3. The summed E-state index contributed by atoms with van der Waals surface area (Å²) in [4.78, 5) is 14.3. The second-order valence-electron chi connectivity index (χ2n) is 13.7. The highest BCUT2D eigenvalue weighted by Crippen LogP contribution is 2.39. The Morgan fingerprint density at radius 1 is 0.778 bits per heavy atom. The summed E-state index contributed by atoms with van der Waals surface area (Å²) in [7, 11) is 1.76. The molecule has 45 heavy (non-hydrogen) atoms. The lowest BCUT2D eigenvalue weighted by molar-refractivity contribution is -0.660. The molecule has 0 radical (unpaired) electrons. The van der Waals surface area contributed by atoms with Crippen LogP contribution >= 0.6 is 0 Å². The van der Waals surface area contributed by atoms with Gasteiger partial charge in [-0.25, -0.2) is 19.5 Å². The lowest BCUT2D eigenvalue weighted by atomic mass is 9.92. The zero-order chi connectivity index (χ0) is 37.4. The molecule has 0 aliphatic rings. The number of nitrogens with zero attached hydrogens (tertiary/aromatic N) is 5. The quantitative estimate of drug-likeness (QED) is 0.189. The summed E-state index contributed by atoms with van der Waals surface area (Å²) >= 11 is 0. The van der Waals surface area contributed by atoms with Crippen molar-refractivity contribution in [2.24, 2.45) is 7.05 Å². The maximum atomic E-state index is 9.47. The Hall–Kier alpha value is -4.89. The molecule has 3 aromatic heterocycles. The summed E-state index contributed by atoms with van der Waals surface area (Å²) in [6.45, 7) is 8.82. The molecule has 0 aliphatic heterocycles. The van der Waals surface area contributed by atoms with E-state index in [4.69, 9.17) is 27.6 Å². The first kappa shape index (κ1) is 23.5. The highest BCUT2D eigenvalue weighted by atomic mass is 16.3. The third-order valence-corrected chi connectivity index (χ3v) is 8.05. The van der Waals surface area contributed by atoms with Crippen molar-refractivity contribution in [1.29, 1.82) is 5.26 Å². The zero-order valence-corrected chi connectivity index (χ0v) is 26.9. The number of pyridine rings is 1. The molecule has 0 fully saturated rings. The summed E-state index contributed by atoms with van der Waals surface area (Å²) in [5.41, 5.74) is 4.04. The number of nitriles is 1. The second-order valence-corrected chi connectivity index (χ2v) is 13.7. The lowest BCUT2D eigenvalue weighted by Gasteiger charge is -2.23. The van der Waals surface area contributed by atoms with E-state index in [0.717, 1.165) is 21.9 Å². The lowest BCUT2D eigenvalue weighted by Crippen LogP contribution is -2.31. The molecule has 0 saturated heterocycles. The first-order valence-corrected chi connectivity index (χ1v) is 14.9.